The minimum Gasteiger partial charge on any atom is -0.398 e. The molecule has 0 saturated heterocycles. The SMILES string of the molecule is Cc1ccncc1-c1cc(N)c2cnc(NC(=O)C(=O)Nc3cnn(S(=O)(=O)c4cccnc4)c3)cc2c1. The Kier molecular flexibility index (Phi) is 6.26. The Morgan fingerprint density at radius 2 is 1.74 bits per heavy atom. The van der Waals surface area contributed by atoms with Gasteiger partial charge in [0.1, 0.15) is 10.7 Å². The van der Waals surface area contributed by atoms with E-state index in [1.54, 1.807) is 18.5 Å². The summed E-state index contributed by atoms with van der Waals surface area (Å²) in [5, 5.41) is 9.91. The first-order chi connectivity index (χ1) is 18.2. The van der Waals surface area contributed by atoms with Gasteiger partial charge in [0.05, 0.1) is 18.1 Å². The normalized spacial score (nSPS) is 11.3. The van der Waals surface area contributed by atoms with Crippen LogP contribution in [0.25, 0.3) is 21.9 Å². The highest BCUT2D eigenvalue weighted by molar-refractivity contribution is 7.89. The van der Waals surface area contributed by atoms with Crippen LogP contribution in [0.1, 0.15) is 5.56 Å². The lowest BCUT2D eigenvalue weighted by Gasteiger charge is -2.11. The quantitative estimate of drug-likeness (QED) is 0.229. The minimum atomic E-state index is -4.01. The highest BCUT2D eigenvalue weighted by Gasteiger charge is 2.21. The molecule has 2 amide bonds. The Hall–Kier alpha value is -5.17. The molecule has 190 valence electrons. The third-order valence-electron chi connectivity index (χ3n) is 5.66. The Morgan fingerprint density at radius 1 is 0.947 bits per heavy atom. The maximum Gasteiger partial charge on any atom is 0.315 e. The van der Waals surface area contributed by atoms with Crippen molar-refractivity contribution >= 4 is 49.8 Å². The lowest BCUT2D eigenvalue weighted by molar-refractivity contribution is -0.133. The number of aryl methyl sites for hydroxylation is 1. The van der Waals surface area contributed by atoms with E-state index in [1.165, 1.54) is 30.7 Å². The number of anilines is 3. The summed E-state index contributed by atoms with van der Waals surface area (Å²) in [5.41, 5.74) is 9.52. The summed E-state index contributed by atoms with van der Waals surface area (Å²) in [6, 6.07) is 10.0. The number of aromatic nitrogens is 5. The number of amides is 2. The van der Waals surface area contributed by atoms with Crippen LogP contribution in [-0.4, -0.2) is 44.4 Å². The molecule has 4 N–H and O–H groups in total. The minimum absolute atomic E-state index is 0.00772. The number of hydrogen-bond donors (Lipinski definition) is 3. The van der Waals surface area contributed by atoms with Gasteiger partial charge in [0, 0.05) is 47.6 Å². The Balaban J connectivity index is 1.32. The van der Waals surface area contributed by atoms with E-state index in [9.17, 15) is 18.0 Å². The van der Waals surface area contributed by atoms with Gasteiger partial charge in [-0.1, -0.05) is 0 Å². The first kappa shape index (κ1) is 24.5. The second-order valence-corrected chi connectivity index (χ2v) is 10.0. The molecule has 1 aromatic carbocycles. The van der Waals surface area contributed by atoms with Gasteiger partial charge in [0.2, 0.25) is 0 Å². The molecule has 0 unspecified atom stereocenters. The van der Waals surface area contributed by atoms with E-state index in [0.717, 1.165) is 29.1 Å². The molecule has 0 radical (unpaired) electrons. The molecule has 13 heteroatoms. The van der Waals surface area contributed by atoms with Gasteiger partial charge in [-0.25, -0.2) is 4.98 Å². The monoisotopic (exact) mass is 528 g/mol. The second-order valence-electron chi connectivity index (χ2n) is 8.25. The molecule has 12 nitrogen and oxygen atoms in total. The highest BCUT2D eigenvalue weighted by Crippen LogP contribution is 2.31. The van der Waals surface area contributed by atoms with Gasteiger partial charge >= 0.3 is 11.8 Å². The van der Waals surface area contributed by atoms with E-state index < -0.39 is 21.8 Å². The zero-order valence-corrected chi connectivity index (χ0v) is 20.7. The summed E-state index contributed by atoms with van der Waals surface area (Å²) in [5.74, 6) is -1.91. The van der Waals surface area contributed by atoms with E-state index in [-0.39, 0.29) is 16.4 Å². The third-order valence-corrected chi connectivity index (χ3v) is 7.19. The van der Waals surface area contributed by atoms with Crippen LogP contribution in [0, 0.1) is 6.92 Å². The van der Waals surface area contributed by atoms with Crippen molar-refractivity contribution < 1.29 is 18.0 Å². The van der Waals surface area contributed by atoms with Gasteiger partial charge in [0.15, 0.2) is 0 Å². The van der Waals surface area contributed by atoms with Crippen LogP contribution < -0.4 is 16.4 Å². The maximum atomic E-state index is 12.6. The fourth-order valence-electron chi connectivity index (χ4n) is 3.75. The topological polar surface area (TPSA) is 175 Å². The first-order valence-electron chi connectivity index (χ1n) is 11.2. The molecular formula is C25H20N8O4S. The molecule has 0 aliphatic heterocycles. The molecule has 0 spiro atoms. The summed E-state index contributed by atoms with van der Waals surface area (Å²) in [6.07, 6.45) is 9.75. The van der Waals surface area contributed by atoms with Gasteiger partial charge in [-0.15, -0.1) is 0 Å². The summed E-state index contributed by atoms with van der Waals surface area (Å²) in [4.78, 5) is 37.1. The molecule has 4 aromatic heterocycles. The summed E-state index contributed by atoms with van der Waals surface area (Å²) in [6.45, 7) is 1.96. The van der Waals surface area contributed by atoms with Crippen molar-refractivity contribution in [3.63, 3.8) is 0 Å². The van der Waals surface area contributed by atoms with Crippen molar-refractivity contribution in [1.29, 1.82) is 0 Å². The van der Waals surface area contributed by atoms with E-state index in [1.807, 2.05) is 25.1 Å². The molecule has 38 heavy (non-hydrogen) atoms. The van der Waals surface area contributed by atoms with Gasteiger partial charge in [-0.05, 0) is 59.8 Å². The molecule has 4 heterocycles. The predicted molar refractivity (Wildman–Crippen MR) is 140 cm³/mol. The molecule has 0 aliphatic carbocycles. The van der Waals surface area contributed by atoms with Crippen molar-refractivity contribution in [3.8, 4) is 11.1 Å². The average Bonchev–Trinajstić information content (AvgIpc) is 3.38. The number of nitrogens with two attached hydrogens (primary N) is 1. The predicted octanol–water partition coefficient (Wildman–Crippen LogP) is 2.59. The number of pyridine rings is 3. The van der Waals surface area contributed by atoms with E-state index in [0.29, 0.717) is 20.5 Å². The van der Waals surface area contributed by atoms with Crippen LogP contribution in [0.5, 0.6) is 0 Å². The molecule has 0 atom stereocenters. The van der Waals surface area contributed by atoms with Crippen molar-refractivity contribution in [1.82, 2.24) is 24.1 Å². The Labute approximate surface area is 216 Å². The van der Waals surface area contributed by atoms with E-state index in [4.69, 9.17) is 5.73 Å². The average molecular weight is 529 g/mol. The van der Waals surface area contributed by atoms with Gasteiger partial charge in [0.25, 0.3) is 10.0 Å². The van der Waals surface area contributed by atoms with Crippen LogP contribution in [0.2, 0.25) is 0 Å². The van der Waals surface area contributed by atoms with Gasteiger partial charge in [-0.3, -0.25) is 19.6 Å². The fourth-order valence-corrected chi connectivity index (χ4v) is 4.83. The summed E-state index contributed by atoms with van der Waals surface area (Å²) >= 11 is 0. The zero-order valence-electron chi connectivity index (χ0n) is 19.9. The van der Waals surface area contributed by atoms with Crippen LogP contribution >= 0.6 is 0 Å². The van der Waals surface area contributed by atoms with Gasteiger partial charge < -0.3 is 16.4 Å². The van der Waals surface area contributed by atoms with Crippen molar-refractivity contribution in [2.24, 2.45) is 0 Å². The molecule has 0 fully saturated rings. The summed E-state index contributed by atoms with van der Waals surface area (Å²) in [7, 11) is -4.01. The molecule has 5 aromatic rings. The first-order valence-corrected chi connectivity index (χ1v) is 12.6. The van der Waals surface area contributed by atoms with Crippen molar-refractivity contribution in [2.45, 2.75) is 11.8 Å². The summed E-state index contributed by atoms with van der Waals surface area (Å²) < 4.78 is 25.9. The van der Waals surface area contributed by atoms with Crippen LogP contribution in [0.15, 0.2) is 84.7 Å². The van der Waals surface area contributed by atoms with Crippen LogP contribution in [0.3, 0.4) is 0 Å². The number of nitrogen functional groups attached to an aromatic ring is 1. The zero-order chi connectivity index (χ0) is 26.9. The van der Waals surface area contributed by atoms with Crippen LogP contribution in [-0.2, 0) is 19.6 Å². The van der Waals surface area contributed by atoms with E-state index in [2.05, 4.69) is 30.7 Å². The highest BCUT2D eigenvalue weighted by atomic mass is 32.2. The number of carbonyl (C=O) groups is 2. The molecule has 5 rings (SSSR count). The molecule has 0 aliphatic rings. The number of benzene rings is 1. The fraction of sp³-hybridized carbons (Fsp3) is 0.0400. The largest absolute Gasteiger partial charge is 0.398 e. The molecule has 0 bridgehead atoms. The number of fused-ring (bicyclic) bond motifs is 1. The van der Waals surface area contributed by atoms with Crippen molar-refractivity contribution in [2.75, 3.05) is 16.4 Å². The van der Waals surface area contributed by atoms with Gasteiger partial charge in [-0.2, -0.15) is 17.6 Å². The lowest BCUT2D eigenvalue weighted by Crippen LogP contribution is -2.29. The number of hydrogen-bond acceptors (Lipinski definition) is 9. The smallest absolute Gasteiger partial charge is 0.315 e. The standard InChI is InChI=1S/C25H20N8O4S/c1-15-4-6-28-12-20(15)16-7-17-9-23(29-13-21(17)22(26)8-16)32-25(35)24(34)31-18-10-30-33(14-18)38(36,37)19-3-2-5-27-11-19/h2-14H,26H2,1H3,(H,31,34)(H,29,32,35). The third kappa shape index (κ3) is 4.77. The number of nitrogens with zero attached hydrogens (tertiary/aromatic N) is 5. The number of carbonyl (C=O) groups excluding carboxylic acids is 2. The number of nitrogens with one attached hydrogen (secondary N) is 2. The Morgan fingerprint density at radius 3 is 2.50 bits per heavy atom. The second kappa shape index (κ2) is 9.71. The maximum absolute atomic E-state index is 12.6. The molecule has 0 saturated carbocycles. The van der Waals surface area contributed by atoms with Crippen molar-refractivity contribution in [3.05, 3.63) is 85.3 Å². The Bertz CT molecular complexity index is 1800. The van der Waals surface area contributed by atoms with E-state index >= 15 is 0 Å². The van der Waals surface area contributed by atoms with Crippen LogP contribution in [0.4, 0.5) is 17.2 Å². The number of rotatable bonds is 5. The lowest BCUT2D eigenvalue weighted by atomic mass is 9.99. The molecular weight excluding hydrogens is 508 g/mol.